The van der Waals surface area contributed by atoms with Gasteiger partial charge in [-0.05, 0) is 30.2 Å². The van der Waals surface area contributed by atoms with Crippen molar-refractivity contribution in [3.05, 3.63) is 28.8 Å². The first-order chi connectivity index (χ1) is 9.93. The van der Waals surface area contributed by atoms with Crippen LogP contribution in [0.4, 0.5) is 5.69 Å². The number of nitrogens with one attached hydrogen (secondary N) is 1. The highest BCUT2D eigenvalue weighted by Gasteiger charge is 2.34. The van der Waals surface area contributed by atoms with Gasteiger partial charge in [0.2, 0.25) is 5.91 Å². The van der Waals surface area contributed by atoms with Crippen LogP contribution in [-0.2, 0) is 20.9 Å². The number of benzene rings is 1. The fourth-order valence-electron chi connectivity index (χ4n) is 2.35. The van der Waals surface area contributed by atoms with Crippen LogP contribution in [0.3, 0.4) is 0 Å². The van der Waals surface area contributed by atoms with E-state index < -0.39 is 23.8 Å². The highest BCUT2D eigenvalue weighted by Crippen LogP contribution is 2.26. The topological polar surface area (TPSA) is 92.5 Å². The number of amides is 3. The Morgan fingerprint density at radius 1 is 1.48 bits per heavy atom. The van der Waals surface area contributed by atoms with Crippen molar-refractivity contribution in [1.29, 1.82) is 0 Å². The lowest BCUT2D eigenvalue weighted by Crippen LogP contribution is -2.49. The maximum atomic E-state index is 12.2. The Morgan fingerprint density at radius 3 is 2.81 bits per heavy atom. The largest absolute Gasteiger partial charge is 0.368 e. The molecule has 0 saturated heterocycles. The molecule has 0 bridgehead atoms. The summed E-state index contributed by atoms with van der Waals surface area (Å²) in [4.78, 5) is 36.9. The minimum absolute atomic E-state index is 0.112. The molecule has 6 nitrogen and oxygen atoms in total. The van der Waals surface area contributed by atoms with Crippen molar-refractivity contribution >= 4 is 35.0 Å². The predicted octanol–water partition coefficient (Wildman–Crippen LogP) is 1.27. The van der Waals surface area contributed by atoms with Gasteiger partial charge < -0.3 is 16.0 Å². The van der Waals surface area contributed by atoms with Crippen molar-refractivity contribution < 1.29 is 14.4 Å². The number of hydrogen-bond acceptors (Lipinski definition) is 3. The van der Waals surface area contributed by atoms with Crippen molar-refractivity contribution in [1.82, 2.24) is 4.90 Å². The van der Waals surface area contributed by atoms with E-state index in [9.17, 15) is 14.4 Å². The van der Waals surface area contributed by atoms with E-state index in [-0.39, 0.29) is 6.54 Å². The highest BCUT2D eigenvalue weighted by molar-refractivity contribution is 6.40. The minimum atomic E-state index is -0.807. The minimum Gasteiger partial charge on any atom is -0.368 e. The van der Waals surface area contributed by atoms with Crippen LogP contribution < -0.4 is 11.1 Å². The Labute approximate surface area is 127 Å². The van der Waals surface area contributed by atoms with Gasteiger partial charge in [0, 0.05) is 17.3 Å². The quantitative estimate of drug-likeness (QED) is 0.820. The Hall–Kier alpha value is -2.08. The summed E-state index contributed by atoms with van der Waals surface area (Å²) in [7, 11) is 0. The van der Waals surface area contributed by atoms with Crippen LogP contribution in [0.25, 0.3) is 0 Å². The third-order valence-corrected chi connectivity index (χ3v) is 3.61. The third kappa shape index (κ3) is 3.16. The first-order valence-corrected chi connectivity index (χ1v) is 7.01. The van der Waals surface area contributed by atoms with Gasteiger partial charge in [0.25, 0.3) is 0 Å². The van der Waals surface area contributed by atoms with E-state index in [1.165, 1.54) is 4.90 Å². The third-order valence-electron chi connectivity index (χ3n) is 3.38. The van der Waals surface area contributed by atoms with E-state index in [1.54, 1.807) is 18.2 Å². The standard InChI is InChI=1S/C14H16ClN3O3/c1-2-3-11(12(16)19)18-7-8-6-9(15)4-5-10(8)17-13(20)14(18)21/h4-6,11H,2-3,7H2,1H3,(H2,16,19)(H,17,20)/t11-/m1/s1. The lowest BCUT2D eigenvalue weighted by molar-refractivity contribution is -0.147. The SMILES string of the molecule is CCC[C@H](C(N)=O)N1Cc2cc(Cl)ccc2NC(=O)C1=O. The van der Waals surface area contributed by atoms with Gasteiger partial charge in [0.1, 0.15) is 6.04 Å². The lowest BCUT2D eigenvalue weighted by atomic mass is 10.1. The smallest absolute Gasteiger partial charge is 0.313 e. The molecule has 0 spiro atoms. The van der Waals surface area contributed by atoms with Crippen molar-refractivity contribution in [2.24, 2.45) is 5.73 Å². The summed E-state index contributed by atoms with van der Waals surface area (Å²) in [6.45, 7) is 1.99. The van der Waals surface area contributed by atoms with Crippen LogP contribution in [0.2, 0.25) is 5.02 Å². The normalized spacial score (nSPS) is 16.0. The fraction of sp³-hybridized carbons (Fsp3) is 0.357. The number of nitrogens with two attached hydrogens (primary N) is 1. The molecule has 1 aliphatic heterocycles. The number of hydrogen-bond donors (Lipinski definition) is 2. The molecule has 112 valence electrons. The van der Waals surface area contributed by atoms with E-state index in [1.807, 2.05) is 6.92 Å². The number of carbonyl (C=O) groups excluding carboxylic acids is 3. The first-order valence-electron chi connectivity index (χ1n) is 6.63. The van der Waals surface area contributed by atoms with Crippen LogP contribution in [0, 0.1) is 0 Å². The molecule has 21 heavy (non-hydrogen) atoms. The molecule has 0 fully saturated rings. The molecule has 3 amide bonds. The molecule has 0 aliphatic carbocycles. The number of halogens is 1. The molecule has 1 aromatic rings. The maximum absolute atomic E-state index is 12.2. The average Bonchev–Trinajstić information content (AvgIpc) is 2.54. The second kappa shape index (κ2) is 6.13. The van der Waals surface area contributed by atoms with Gasteiger partial charge in [-0.3, -0.25) is 14.4 Å². The number of carbonyl (C=O) groups is 3. The zero-order valence-corrected chi connectivity index (χ0v) is 12.3. The monoisotopic (exact) mass is 309 g/mol. The van der Waals surface area contributed by atoms with Crippen molar-refractivity contribution in [3.8, 4) is 0 Å². The Balaban J connectivity index is 2.43. The Morgan fingerprint density at radius 2 is 2.19 bits per heavy atom. The maximum Gasteiger partial charge on any atom is 0.313 e. The van der Waals surface area contributed by atoms with Gasteiger partial charge in [-0.25, -0.2) is 0 Å². The van der Waals surface area contributed by atoms with Gasteiger partial charge in [0.15, 0.2) is 0 Å². The van der Waals surface area contributed by atoms with Gasteiger partial charge in [0.05, 0.1) is 0 Å². The fourth-order valence-corrected chi connectivity index (χ4v) is 2.55. The molecule has 1 aliphatic rings. The van der Waals surface area contributed by atoms with E-state index >= 15 is 0 Å². The van der Waals surface area contributed by atoms with Gasteiger partial charge >= 0.3 is 11.8 Å². The Kier molecular flexibility index (Phi) is 4.47. The summed E-state index contributed by atoms with van der Waals surface area (Å²) < 4.78 is 0. The predicted molar refractivity (Wildman–Crippen MR) is 78.5 cm³/mol. The molecule has 1 heterocycles. The number of rotatable bonds is 4. The number of anilines is 1. The zero-order chi connectivity index (χ0) is 15.6. The highest BCUT2D eigenvalue weighted by atomic mass is 35.5. The lowest BCUT2D eigenvalue weighted by Gasteiger charge is -2.27. The molecule has 7 heteroatoms. The molecule has 1 atom stereocenters. The van der Waals surface area contributed by atoms with E-state index in [0.717, 1.165) is 0 Å². The van der Waals surface area contributed by atoms with E-state index in [0.29, 0.717) is 29.1 Å². The Bertz CT molecular complexity index is 603. The van der Waals surface area contributed by atoms with E-state index in [2.05, 4.69) is 5.32 Å². The second-order valence-corrected chi connectivity index (χ2v) is 5.33. The molecular weight excluding hydrogens is 294 g/mol. The van der Waals surface area contributed by atoms with Gasteiger partial charge in [-0.15, -0.1) is 0 Å². The number of nitrogens with zero attached hydrogens (tertiary/aromatic N) is 1. The van der Waals surface area contributed by atoms with Crippen LogP contribution in [0.15, 0.2) is 18.2 Å². The molecule has 3 N–H and O–H groups in total. The summed E-state index contributed by atoms with van der Waals surface area (Å²) in [5.41, 5.74) is 6.56. The molecule has 0 saturated carbocycles. The van der Waals surface area contributed by atoms with Crippen LogP contribution in [0.1, 0.15) is 25.3 Å². The molecule has 0 aromatic heterocycles. The van der Waals surface area contributed by atoms with Crippen LogP contribution >= 0.6 is 11.6 Å². The summed E-state index contributed by atoms with van der Waals surface area (Å²) in [6, 6.07) is 4.11. The molecule has 2 rings (SSSR count). The van der Waals surface area contributed by atoms with Crippen LogP contribution in [0.5, 0.6) is 0 Å². The number of fused-ring (bicyclic) bond motifs is 1. The summed E-state index contributed by atoms with van der Waals surface area (Å²) in [5.74, 6) is -2.17. The molecule has 0 unspecified atom stereocenters. The summed E-state index contributed by atoms with van der Waals surface area (Å²) in [6.07, 6.45) is 1.08. The van der Waals surface area contributed by atoms with Crippen molar-refractivity contribution in [3.63, 3.8) is 0 Å². The average molecular weight is 310 g/mol. The molecule has 0 radical (unpaired) electrons. The molecule has 1 aromatic carbocycles. The first kappa shape index (κ1) is 15.3. The van der Waals surface area contributed by atoms with E-state index in [4.69, 9.17) is 17.3 Å². The van der Waals surface area contributed by atoms with Crippen molar-refractivity contribution in [2.75, 3.05) is 5.32 Å². The summed E-state index contributed by atoms with van der Waals surface area (Å²) in [5, 5.41) is 3.01. The van der Waals surface area contributed by atoms with Crippen LogP contribution in [-0.4, -0.2) is 28.7 Å². The zero-order valence-electron chi connectivity index (χ0n) is 11.6. The van der Waals surface area contributed by atoms with Crippen molar-refractivity contribution in [2.45, 2.75) is 32.4 Å². The van der Waals surface area contributed by atoms with Gasteiger partial charge in [-0.1, -0.05) is 24.9 Å². The number of primary amides is 1. The summed E-state index contributed by atoms with van der Waals surface area (Å²) >= 11 is 5.95. The second-order valence-electron chi connectivity index (χ2n) is 4.90. The van der Waals surface area contributed by atoms with Gasteiger partial charge in [-0.2, -0.15) is 0 Å². The molecular formula is C14H16ClN3O3.